The smallest absolute Gasteiger partial charge is 0.266 e. The van der Waals surface area contributed by atoms with Crippen molar-refractivity contribution in [1.29, 1.82) is 0 Å². The van der Waals surface area contributed by atoms with Crippen LogP contribution in [0.4, 0.5) is 5.69 Å². The van der Waals surface area contributed by atoms with Gasteiger partial charge in [-0.3, -0.25) is 14.4 Å². The lowest BCUT2D eigenvalue weighted by Gasteiger charge is -2.17. The molecule has 6 rings (SSSR count). The summed E-state index contributed by atoms with van der Waals surface area (Å²) in [5, 5.41) is 6.89. The van der Waals surface area contributed by atoms with E-state index in [4.69, 9.17) is 11.6 Å². The van der Waals surface area contributed by atoms with Crippen LogP contribution in [0.5, 0.6) is 0 Å². The Kier molecular flexibility index (Phi) is 5.31. The van der Waals surface area contributed by atoms with E-state index >= 15 is 0 Å². The third-order valence-corrected chi connectivity index (χ3v) is 7.02. The number of anilines is 1. The van der Waals surface area contributed by atoms with Crippen LogP contribution in [0.15, 0.2) is 89.7 Å². The Morgan fingerprint density at radius 3 is 2.38 bits per heavy atom. The summed E-state index contributed by atoms with van der Waals surface area (Å²) >= 11 is 6.30. The van der Waals surface area contributed by atoms with E-state index in [0.717, 1.165) is 16.0 Å². The fourth-order valence-corrected chi connectivity index (χ4v) is 5.14. The molecule has 182 valence electrons. The Morgan fingerprint density at radius 1 is 0.919 bits per heavy atom. The van der Waals surface area contributed by atoms with Crippen LogP contribution in [0.2, 0.25) is 5.02 Å². The molecule has 0 saturated heterocycles. The number of hydrogen-bond donors (Lipinski definition) is 1. The lowest BCUT2D eigenvalue weighted by molar-refractivity contribution is -0.130. The molecule has 37 heavy (non-hydrogen) atoms. The van der Waals surface area contributed by atoms with Crippen molar-refractivity contribution < 1.29 is 14.4 Å². The predicted molar refractivity (Wildman–Crippen MR) is 143 cm³/mol. The number of hydrogen-bond acceptors (Lipinski definition) is 4. The number of imide groups is 1. The number of benzene rings is 3. The van der Waals surface area contributed by atoms with E-state index in [-0.39, 0.29) is 17.1 Å². The van der Waals surface area contributed by atoms with E-state index in [2.05, 4.69) is 10.1 Å². The summed E-state index contributed by atoms with van der Waals surface area (Å²) in [5.74, 6) is -2.47. The highest BCUT2D eigenvalue weighted by Gasteiger charge is 2.50. The topological polar surface area (TPSA) is 85.8 Å². The Balaban J connectivity index is 1.61. The molecule has 0 aliphatic carbocycles. The van der Waals surface area contributed by atoms with Crippen molar-refractivity contribution in [1.82, 2.24) is 9.99 Å². The van der Waals surface area contributed by atoms with Gasteiger partial charge in [0.2, 0.25) is 0 Å². The first-order valence-corrected chi connectivity index (χ1v) is 12.1. The number of nitrogens with zero attached hydrogens (tertiary/aromatic N) is 3. The van der Waals surface area contributed by atoms with Gasteiger partial charge in [0, 0.05) is 34.7 Å². The van der Waals surface area contributed by atoms with Gasteiger partial charge in [0.1, 0.15) is 5.92 Å². The van der Waals surface area contributed by atoms with E-state index in [1.165, 1.54) is 5.01 Å². The molecule has 3 heterocycles. The second-order valence-electron chi connectivity index (χ2n) is 9.11. The molecule has 0 unspecified atom stereocenters. The Morgan fingerprint density at radius 2 is 1.65 bits per heavy atom. The minimum absolute atomic E-state index is 0.100. The number of H-pyrrole nitrogens is 1. The van der Waals surface area contributed by atoms with E-state index in [9.17, 15) is 14.4 Å². The number of rotatable bonds is 4. The van der Waals surface area contributed by atoms with Crippen LogP contribution < -0.4 is 4.90 Å². The molecule has 4 aromatic rings. The average molecular weight is 509 g/mol. The van der Waals surface area contributed by atoms with Crippen molar-refractivity contribution in [2.24, 2.45) is 11.0 Å². The van der Waals surface area contributed by atoms with Crippen LogP contribution in [0.3, 0.4) is 0 Å². The van der Waals surface area contributed by atoms with Gasteiger partial charge in [-0.2, -0.15) is 5.10 Å². The minimum Gasteiger partial charge on any atom is -0.361 e. The van der Waals surface area contributed by atoms with Gasteiger partial charge in [0.15, 0.2) is 0 Å². The highest BCUT2D eigenvalue weighted by molar-refractivity contribution is 6.49. The first-order chi connectivity index (χ1) is 17.8. The number of halogens is 1. The molecule has 2 aliphatic heterocycles. The second kappa shape index (κ2) is 8.57. The highest BCUT2D eigenvalue weighted by Crippen LogP contribution is 2.42. The first kappa shape index (κ1) is 22.9. The van der Waals surface area contributed by atoms with Gasteiger partial charge in [-0.05, 0) is 42.8 Å². The molecule has 0 saturated carbocycles. The number of carbonyl (C=O) groups excluding carboxylic acids is 3. The van der Waals surface area contributed by atoms with Crippen molar-refractivity contribution in [3.05, 3.63) is 106 Å². The molecule has 0 bridgehead atoms. The molecular weight excluding hydrogens is 488 g/mol. The maximum Gasteiger partial charge on any atom is 0.266 e. The Labute approximate surface area is 217 Å². The number of nitrogens with one attached hydrogen (secondary N) is 1. The second-order valence-corrected chi connectivity index (χ2v) is 9.54. The third kappa shape index (κ3) is 3.58. The lowest BCUT2D eigenvalue weighted by atomic mass is 9.85. The van der Waals surface area contributed by atoms with Gasteiger partial charge in [-0.1, -0.05) is 59.6 Å². The lowest BCUT2D eigenvalue weighted by Crippen LogP contribution is -2.35. The van der Waals surface area contributed by atoms with Crippen LogP contribution in [0.1, 0.15) is 16.7 Å². The summed E-state index contributed by atoms with van der Waals surface area (Å²) in [7, 11) is 1.55. The predicted octanol–water partition coefficient (Wildman–Crippen LogP) is 4.95. The summed E-state index contributed by atoms with van der Waals surface area (Å²) in [4.78, 5) is 46.0. The Hall–Kier alpha value is -4.49. The number of amides is 3. The van der Waals surface area contributed by atoms with Gasteiger partial charge in [-0.25, -0.2) is 9.91 Å². The molecule has 1 aromatic heterocycles. The van der Waals surface area contributed by atoms with Crippen molar-refractivity contribution in [3.8, 4) is 0 Å². The van der Waals surface area contributed by atoms with Gasteiger partial charge in [-0.15, -0.1) is 0 Å². The molecule has 0 fully saturated rings. The molecule has 0 spiro atoms. The molecule has 7 nitrogen and oxygen atoms in total. The number of aromatic nitrogens is 1. The summed E-state index contributed by atoms with van der Waals surface area (Å²) in [6.07, 6.45) is 1.68. The van der Waals surface area contributed by atoms with E-state index in [1.54, 1.807) is 37.5 Å². The van der Waals surface area contributed by atoms with Gasteiger partial charge in [0.05, 0.1) is 22.5 Å². The monoisotopic (exact) mass is 508 g/mol. The standard InChI is InChI=1S/C29H21ClN4O3/c1-16-8-11-19(12-9-16)34-28(36)23(21-15-31-22-13-10-18(30)14-20(21)22)24(29(34)37)25-26(32-33(2)27(25)35)17-6-4-3-5-7-17/h3-15,25,31H,1-2H3/t25-/m1/s1. The SMILES string of the molecule is Cc1ccc(N2C(=O)C(c3c[nH]c4ccc(Cl)cc34)=C([C@H]3C(=O)N(C)N=C3c3ccccc3)C2=O)cc1. The van der Waals surface area contributed by atoms with Gasteiger partial charge in [0.25, 0.3) is 17.7 Å². The zero-order valence-electron chi connectivity index (χ0n) is 20.0. The molecule has 1 N–H and O–H groups in total. The van der Waals surface area contributed by atoms with Crippen LogP contribution in [0.25, 0.3) is 16.5 Å². The fourth-order valence-electron chi connectivity index (χ4n) is 4.97. The largest absolute Gasteiger partial charge is 0.361 e. The summed E-state index contributed by atoms with van der Waals surface area (Å²) in [5.41, 5.74) is 4.08. The number of hydrazone groups is 1. The number of fused-ring (bicyclic) bond motifs is 1. The average Bonchev–Trinajstić information content (AvgIpc) is 3.51. The quantitative estimate of drug-likeness (QED) is 0.396. The molecule has 8 heteroatoms. The van der Waals surface area contributed by atoms with Crippen LogP contribution in [-0.2, 0) is 14.4 Å². The van der Waals surface area contributed by atoms with E-state index in [0.29, 0.717) is 32.9 Å². The minimum atomic E-state index is -1.04. The summed E-state index contributed by atoms with van der Waals surface area (Å²) < 4.78 is 0. The maximum atomic E-state index is 14.1. The van der Waals surface area contributed by atoms with Crippen molar-refractivity contribution in [3.63, 3.8) is 0 Å². The van der Waals surface area contributed by atoms with Crippen molar-refractivity contribution >= 4 is 57.2 Å². The number of aromatic amines is 1. The normalized spacial score (nSPS) is 18.0. The molecule has 3 aromatic carbocycles. The first-order valence-electron chi connectivity index (χ1n) is 11.7. The third-order valence-electron chi connectivity index (χ3n) is 6.78. The highest BCUT2D eigenvalue weighted by atomic mass is 35.5. The summed E-state index contributed by atoms with van der Waals surface area (Å²) in [6.45, 7) is 1.93. The number of carbonyl (C=O) groups is 3. The van der Waals surface area contributed by atoms with E-state index < -0.39 is 17.7 Å². The zero-order chi connectivity index (χ0) is 25.8. The molecule has 2 aliphatic rings. The Bertz CT molecular complexity index is 1670. The number of aryl methyl sites for hydroxylation is 1. The van der Waals surface area contributed by atoms with Crippen LogP contribution in [-0.4, -0.2) is 40.5 Å². The molecule has 1 atom stereocenters. The van der Waals surface area contributed by atoms with E-state index in [1.807, 2.05) is 55.5 Å². The maximum absolute atomic E-state index is 14.1. The van der Waals surface area contributed by atoms with Crippen molar-refractivity contribution in [2.45, 2.75) is 6.92 Å². The molecule has 0 radical (unpaired) electrons. The fraction of sp³-hybridized carbons (Fsp3) is 0.103. The zero-order valence-corrected chi connectivity index (χ0v) is 20.8. The van der Waals surface area contributed by atoms with Gasteiger partial charge < -0.3 is 4.98 Å². The molecular formula is C29H21ClN4O3. The van der Waals surface area contributed by atoms with Crippen LogP contribution >= 0.6 is 11.6 Å². The van der Waals surface area contributed by atoms with Crippen molar-refractivity contribution in [2.75, 3.05) is 11.9 Å². The van der Waals surface area contributed by atoms with Gasteiger partial charge >= 0.3 is 0 Å². The molecule has 3 amide bonds. The summed E-state index contributed by atoms with van der Waals surface area (Å²) in [6, 6.07) is 21.7. The van der Waals surface area contributed by atoms with Crippen LogP contribution in [0, 0.1) is 12.8 Å².